The molecule has 13 heteroatoms. The summed E-state index contributed by atoms with van der Waals surface area (Å²) < 4.78 is 18.7. The Kier molecular flexibility index (Phi) is 59.6. The van der Waals surface area contributed by atoms with Crippen LogP contribution in [-0.2, 0) is 53.9 Å². The smallest absolute Gasteiger partial charge is 0.215 e. The van der Waals surface area contributed by atoms with E-state index in [-0.39, 0.29) is 38.9 Å². The Balaban J connectivity index is -0.0000000775. The molecule has 8 nitrogen and oxygen atoms in total. The van der Waals surface area contributed by atoms with Gasteiger partial charge < -0.3 is 22.4 Å². The van der Waals surface area contributed by atoms with E-state index in [2.05, 4.69) is 74.6 Å². The van der Waals surface area contributed by atoms with Crippen LogP contribution in [0, 0.1) is 7.43 Å². The number of thiol groups is 1. The summed E-state index contributed by atoms with van der Waals surface area (Å²) in [6.07, 6.45) is 0. The average Bonchev–Trinajstić information content (AvgIpc) is 3.62. The predicted molar refractivity (Wildman–Crippen MR) is 182 cm³/mol. The van der Waals surface area contributed by atoms with Crippen molar-refractivity contribution in [2.45, 2.75) is 120 Å². The third-order valence-electron chi connectivity index (χ3n) is 4.35. The standard InChI is InChI=1S/C11H24NO2PS.C8H17NS.C3H7O3P.C2H6.CH4.CH3.H2O.V/c1-6-13-9-15-14-16-8-7-12(10(2)3)11(4)5;1-6(2)9(7(3)4)8-5-10-8;1-2-5-3-7-6-4;1-2;;;;/h9-11H,6-8H2,1-5H3;6-8H,5H2,1-4H3;3-4H,2H2,1H3;1-2H3;1H4;1H3;1H2;/q;;;;;-1;;/p+2. The summed E-state index contributed by atoms with van der Waals surface area (Å²) in [7, 11) is 1.12. The zero-order valence-corrected chi connectivity index (χ0v) is 31.2. The first kappa shape index (κ1) is 56.1. The van der Waals surface area contributed by atoms with Crippen LogP contribution >= 0.6 is 28.9 Å². The fourth-order valence-electron chi connectivity index (χ4n) is 3.09. The fraction of sp³-hybridized carbons (Fsp3) is 0.885. The summed E-state index contributed by atoms with van der Waals surface area (Å²) in [6.45, 7) is 28.2. The molecule has 241 valence electrons. The molecule has 1 atom stereocenters. The molecule has 0 spiro atoms. The summed E-state index contributed by atoms with van der Waals surface area (Å²) in [5, 5.41) is 8.56. The van der Waals surface area contributed by atoms with Crippen molar-refractivity contribution < 1.29 is 47.4 Å². The number of hydrogen-bond donors (Lipinski definition) is 1. The molecular weight excluding hydrogens is 613 g/mol. The molecule has 0 aromatic carbocycles. The summed E-state index contributed by atoms with van der Waals surface area (Å²) in [4.78, 5) is 5.06. The molecule has 0 amide bonds. The van der Waals surface area contributed by atoms with E-state index in [9.17, 15) is 0 Å². The second-order valence-corrected chi connectivity index (χ2v) is 11.8. The van der Waals surface area contributed by atoms with E-state index in [1.54, 1.807) is 17.7 Å². The van der Waals surface area contributed by atoms with Gasteiger partial charge in [-0.2, -0.15) is 4.67 Å². The van der Waals surface area contributed by atoms with Crippen molar-refractivity contribution in [1.82, 2.24) is 9.80 Å². The molecule has 0 bridgehead atoms. The summed E-state index contributed by atoms with van der Waals surface area (Å²) in [6, 6.07) is 2.63. The molecule has 1 unspecified atom stereocenters. The third kappa shape index (κ3) is 39.3. The Bertz CT molecular complexity index is 477. The average molecular weight is 679 g/mol. The molecular formula is C26H65N2O6P2S2V+. The Morgan fingerprint density at radius 1 is 0.897 bits per heavy atom. The van der Waals surface area contributed by atoms with Crippen LogP contribution in [0.5, 0.6) is 0 Å². The van der Waals surface area contributed by atoms with Crippen LogP contribution in [0.1, 0.15) is 90.5 Å². The number of nitrogens with zero attached hydrogens (tertiary/aromatic N) is 2. The van der Waals surface area contributed by atoms with Gasteiger partial charge in [-0.05, 0) is 69.2 Å². The zero-order chi connectivity index (χ0) is 27.6. The topological polar surface area (TPSA) is 96.6 Å². The Morgan fingerprint density at radius 2 is 1.31 bits per heavy atom. The van der Waals surface area contributed by atoms with Gasteiger partial charge in [-0.15, -0.1) is 0 Å². The second kappa shape index (κ2) is 41.4. The van der Waals surface area contributed by atoms with E-state index in [0.29, 0.717) is 33.7 Å². The van der Waals surface area contributed by atoms with Crippen LogP contribution in [0.4, 0.5) is 0 Å². The molecule has 1 radical (unpaired) electrons. The molecule has 1 rings (SSSR count). The van der Waals surface area contributed by atoms with Crippen LogP contribution < -0.4 is 0 Å². The van der Waals surface area contributed by atoms with E-state index < -0.39 is 0 Å². The molecule has 1 heterocycles. The molecule has 1 aliphatic heterocycles. The van der Waals surface area contributed by atoms with Crippen molar-refractivity contribution in [3.63, 3.8) is 0 Å². The first-order valence-corrected chi connectivity index (χ1v) is 16.5. The minimum Gasteiger partial charge on any atom is -0.457 e. The van der Waals surface area contributed by atoms with Crippen molar-refractivity contribution >= 4 is 52.6 Å². The van der Waals surface area contributed by atoms with E-state index in [1.165, 1.54) is 23.8 Å². The van der Waals surface area contributed by atoms with Gasteiger partial charge in [-0.3, -0.25) is 8.87 Å². The van der Waals surface area contributed by atoms with Crippen LogP contribution in [0.15, 0.2) is 0 Å². The monoisotopic (exact) mass is 678 g/mol. The van der Waals surface area contributed by atoms with Crippen molar-refractivity contribution in [2.24, 2.45) is 0 Å². The van der Waals surface area contributed by atoms with Crippen molar-refractivity contribution in [3.05, 3.63) is 7.43 Å². The normalized spacial score (nSPS) is 13.6. The van der Waals surface area contributed by atoms with Gasteiger partial charge in [-0.25, -0.2) is 10.2 Å². The van der Waals surface area contributed by atoms with E-state index >= 15 is 0 Å². The van der Waals surface area contributed by atoms with Crippen LogP contribution in [0.2, 0.25) is 0 Å². The maximum Gasteiger partial charge on any atom is 0.215 e. The fourth-order valence-corrected chi connectivity index (χ4v) is 5.52. The SMILES string of the molecule is C.CC.CC(C)N(C(C)C)C1C[SH+]1.CCOC=POO.CCOC=POSCCN(C(C)C)C(C)C.[CH3-].[OH3+].[V]. The predicted octanol–water partition coefficient (Wildman–Crippen LogP) is 7.01. The van der Waals surface area contributed by atoms with Crippen LogP contribution in [0.3, 0.4) is 0 Å². The van der Waals surface area contributed by atoms with Gasteiger partial charge in [0.15, 0.2) is 5.75 Å². The molecule has 0 aliphatic carbocycles. The molecule has 4 N–H and O–H groups in total. The van der Waals surface area contributed by atoms with Gasteiger partial charge >= 0.3 is 0 Å². The van der Waals surface area contributed by atoms with Gasteiger partial charge in [0.25, 0.3) is 0 Å². The molecule has 0 aromatic heterocycles. The van der Waals surface area contributed by atoms with E-state index in [1.807, 2.05) is 27.7 Å². The Labute approximate surface area is 267 Å². The van der Waals surface area contributed by atoms with Gasteiger partial charge in [0.05, 0.1) is 33.6 Å². The Hall–Kier alpha value is 1.30. The molecule has 1 saturated heterocycles. The van der Waals surface area contributed by atoms with Crippen molar-refractivity contribution in [1.29, 1.82) is 0 Å². The minimum atomic E-state index is 0. The van der Waals surface area contributed by atoms with Crippen LogP contribution in [-0.4, -0.2) is 87.8 Å². The number of ether oxygens (including phenoxy) is 2. The molecule has 1 aliphatic rings. The third-order valence-corrected chi connectivity index (χ3v) is 6.99. The number of rotatable bonds is 15. The molecule has 0 saturated carbocycles. The maximum atomic E-state index is 7.67. The molecule has 39 heavy (non-hydrogen) atoms. The van der Waals surface area contributed by atoms with Gasteiger partial charge in [0, 0.05) is 78.8 Å². The summed E-state index contributed by atoms with van der Waals surface area (Å²) in [5.74, 6) is 5.43. The van der Waals surface area contributed by atoms with Gasteiger partial charge in [-0.1, -0.05) is 21.3 Å². The largest absolute Gasteiger partial charge is 0.457 e. The second-order valence-electron chi connectivity index (χ2n) is 8.22. The van der Waals surface area contributed by atoms with Gasteiger partial charge in [0.2, 0.25) is 5.37 Å². The summed E-state index contributed by atoms with van der Waals surface area (Å²) >= 11 is 3.14. The first-order chi connectivity index (χ1) is 16.6. The van der Waals surface area contributed by atoms with Crippen LogP contribution in [0.25, 0.3) is 0 Å². The summed E-state index contributed by atoms with van der Waals surface area (Å²) in [5.41, 5.74) is 0. The number of hydrogen-bond acceptors (Lipinski definition) is 8. The minimum absolute atomic E-state index is 0. The molecule has 1 fully saturated rings. The van der Waals surface area contributed by atoms with Crippen molar-refractivity contribution in [3.8, 4) is 0 Å². The van der Waals surface area contributed by atoms with E-state index in [4.69, 9.17) is 14.0 Å². The quantitative estimate of drug-likeness (QED) is 0.0228. The van der Waals surface area contributed by atoms with Crippen molar-refractivity contribution in [2.75, 3.05) is 31.3 Å². The Morgan fingerprint density at radius 3 is 1.59 bits per heavy atom. The van der Waals surface area contributed by atoms with E-state index in [0.717, 1.165) is 38.2 Å². The zero-order valence-electron chi connectivity index (χ0n) is 26.3. The maximum absolute atomic E-state index is 7.67. The first-order valence-electron chi connectivity index (χ1n) is 12.7. The van der Waals surface area contributed by atoms with Gasteiger partial charge in [0.1, 0.15) is 8.43 Å². The molecule has 0 aromatic rings.